The number of nitrogens with zero attached hydrogens (tertiary/aromatic N) is 2. The Morgan fingerprint density at radius 3 is 2.59 bits per heavy atom. The predicted molar refractivity (Wildman–Crippen MR) is 140 cm³/mol. The predicted octanol–water partition coefficient (Wildman–Crippen LogP) is 6.34. The average Bonchev–Trinajstić information content (AvgIpc) is 3.22. The van der Waals surface area contributed by atoms with E-state index in [9.17, 15) is 0 Å². The van der Waals surface area contributed by atoms with E-state index in [-0.39, 0.29) is 0 Å². The number of rotatable bonds is 8. The molecule has 1 fully saturated rings. The zero-order valence-electron chi connectivity index (χ0n) is 21.1. The standard InChI is InChI=1S/C12H22N2.C8H13N.C8H11N/c1-3-12(5-4-7-13)10-14-8-6-11(2)9-14;2*1-3-8-7(2)5-4-6-9-8/h3,7,11-13H,1,4-6,8-10H2,2H3;4-6,8-9H,3H2,1-2H3;4-6H,3H2,1-2H3. The second-order valence-corrected chi connectivity index (χ2v) is 8.95. The Labute approximate surface area is 197 Å². The van der Waals surface area contributed by atoms with Crippen LogP contribution in [0.4, 0.5) is 0 Å². The maximum absolute atomic E-state index is 7.01. The summed E-state index contributed by atoms with van der Waals surface area (Å²) in [5, 5.41) is 10.3. The number of hydrogen-bond acceptors (Lipinski definition) is 4. The normalized spacial score (nSPS) is 20.6. The van der Waals surface area contributed by atoms with Crippen molar-refractivity contribution < 1.29 is 0 Å². The summed E-state index contributed by atoms with van der Waals surface area (Å²) in [5.74, 6) is 1.44. The van der Waals surface area contributed by atoms with E-state index in [0.29, 0.717) is 12.0 Å². The number of pyridine rings is 1. The van der Waals surface area contributed by atoms with Crippen LogP contribution in [0.25, 0.3) is 0 Å². The van der Waals surface area contributed by atoms with Crippen LogP contribution < -0.4 is 5.32 Å². The fourth-order valence-corrected chi connectivity index (χ4v) is 4.05. The second-order valence-electron chi connectivity index (χ2n) is 8.95. The number of nitrogens with one attached hydrogen (secondary N) is 2. The summed E-state index contributed by atoms with van der Waals surface area (Å²) >= 11 is 0. The van der Waals surface area contributed by atoms with Gasteiger partial charge in [-0.1, -0.05) is 44.6 Å². The largest absolute Gasteiger partial charge is 0.384 e. The minimum absolute atomic E-state index is 0.571. The van der Waals surface area contributed by atoms with Crippen molar-refractivity contribution in [2.45, 2.75) is 72.8 Å². The molecule has 3 heterocycles. The lowest BCUT2D eigenvalue weighted by Gasteiger charge is -2.20. The van der Waals surface area contributed by atoms with Crippen molar-refractivity contribution in [3.05, 3.63) is 66.2 Å². The molecular formula is C28H46N4. The van der Waals surface area contributed by atoms with Crippen LogP contribution in [0.3, 0.4) is 0 Å². The van der Waals surface area contributed by atoms with Gasteiger partial charge in [0, 0.05) is 31.0 Å². The Kier molecular flexibility index (Phi) is 14.3. The molecule has 1 saturated heterocycles. The molecular weight excluding hydrogens is 392 g/mol. The van der Waals surface area contributed by atoms with Crippen LogP contribution in [0.2, 0.25) is 0 Å². The summed E-state index contributed by atoms with van der Waals surface area (Å²) in [5.41, 5.74) is 3.93. The first-order valence-corrected chi connectivity index (χ1v) is 12.3. The Morgan fingerprint density at radius 2 is 2.12 bits per heavy atom. The molecule has 0 radical (unpaired) electrons. The van der Waals surface area contributed by atoms with Crippen LogP contribution in [-0.4, -0.2) is 41.8 Å². The van der Waals surface area contributed by atoms with E-state index in [1.807, 2.05) is 30.6 Å². The molecule has 0 amide bonds. The maximum atomic E-state index is 7.01. The molecule has 1 aromatic rings. The van der Waals surface area contributed by atoms with Crippen LogP contribution in [0, 0.1) is 24.2 Å². The molecule has 2 N–H and O–H groups in total. The highest BCUT2D eigenvalue weighted by molar-refractivity contribution is 5.52. The summed E-state index contributed by atoms with van der Waals surface area (Å²) in [6.45, 7) is 18.4. The molecule has 0 aliphatic carbocycles. The third kappa shape index (κ3) is 10.9. The topological polar surface area (TPSA) is 52.0 Å². The van der Waals surface area contributed by atoms with Crippen molar-refractivity contribution in [3.63, 3.8) is 0 Å². The summed E-state index contributed by atoms with van der Waals surface area (Å²) < 4.78 is 0. The number of likely N-dealkylation sites (tertiary alicyclic amines) is 1. The van der Waals surface area contributed by atoms with Crippen LogP contribution in [-0.2, 0) is 6.42 Å². The van der Waals surface area contributed by atoms with Gasteiger partial charge >= 0.3 is 0 Å². The Bertz CT molecular complexity index is 722. The van der Waals surface area contributed by atoms with Gasteiger partial charge in [0.05, 0.1) is 0 Å². The third-order valence-corrected chi connectivity index (χ3v) is 6.18. The van der Waals surface area contributed by atoms with Crippen molar-refractivity contribution in [2.75, 3.05) is 19.6 Å². The Morgan fingerprint density at radius 1 is 1.34 bits per heavy atom. The molecule has 0 saturated carbocycles. The van der Waals surface area contributed by atoms with Gasteiger partial charge in [0.25, 0.3) is 0 Å². The molecule has 0 aromatic carbocycles. The quantitative estimate of drug-likeness (QED) is 0.368. The molecule has 178 valence electrons. The van der Waals surface area contributed by atoms with Gasteiger partial charge in [-0.2, -0.15) is 0 Å². The van der Waals surface area contributed by atoms with Gasteiger partial charge in [-0.05, 0) is 94.5 Å². The van der Waals surface area contributed by atoms with Crippen molar-refractivity contribution in [3.8, 4) is 0 Å². The summed E-state index contributed by atoms with van der Waals surface area (Å²) in [6, 6.07) is 4.63. The fraction of sp³-hybridized carbons (Fsp3) is 0.571. The average molecular weight is 439 g/mol. The minimum atomic E-state index is 0.571. The minimum Gasteiger partial charge on any atom is -0.384 e. The van der Waals surface area contributed by atoms with E-state index in [0.717, 1.165) is 31.7 Å². The van der Waals surface area contributed by atoms with E-state index in [1.165, 1.54) is 49.0 Å². The molecule has 4 nitrogen and oxygen atoms in total. The van der Waals surface area contributed by atoms with Gasteiger partial charge in [-0.15, -0.1) is 6.58 Å². The maximum Gasteiger partial charge on any atom is 0.0465 e. The first-order valence-electron chi connectivity index (χ1n) is 12.3. The molecule has 2 aliphatic heterocycles. The van der Waals surface area contributed by atoms with Gasteiger partial charge in [-0.3, -0.25) is 4.98 Å². The van der Waals surface area contributed by atoms with Crippen molar-refractivity contribution in [2.24, 2.45) is 11.8 Å². The van der Waals surface area contributed by atoms with E-state index in [1.54, 1.807) is 0 Å². The lowest BCUT2D eigenvalue weighted by atomic mass is 10.0. The highest BCUT2D eigenvalue weighted by Gasteiger charge is 2.20. The zero-order valence-corrected chi connectivity index (χ0v) is 21.1. The monoisotopic (exact) mass is 438 g/mol. The number of aryl methyl sites for hydroxylation is 2. The van der Waals surface area contributed by atoms with Crippen molar-refractivity contribution >= 4 is 6.21 Å². The Balaban J connectivity index is 0.000000250. The van der Waals surface area contributed by atoms with E-state index in [4.69, 9.17) is 5.41 Å². The fourth-order valence-electron chi connectivity index (χ4n) is 4.05. The van der Waals surface area contributed by atoms with Crippen LogP contribution in [0.5, 0.6) is 0 Å². The molecule has 3 unspecified atom stereocenters. The highest BCUT2D eigenvalue weighted by atomic mass is 15.1. The number of allylic oxidation sites excluding steroid dienone is 2. The SMILES string of the molecule is C=CC(CCC=N)CN1CCC(C)C1.CCC1NC=CC=C1C.CCc1ncccc1C. The molecule has 3 rings (SSSR count). The Hall–Kier alpha value is -2.20. The zero-order chi connectivity index (χ0) is 23.8. The molecule has 32 heavy (non-hydrogen) atoms. The van der Waals surface area contributed by atoms with Gasteiger partial charge in [0.15, 0.2) is 0 Å². The molecule has 2 aliphatic rings. The number of aromatic nitrogens is 1. The molecule has 4 heteroatoms. The molecule has 0 spiro atoms. The first-order chi connectivity index (χ1) is 15.4. The number of hydrogen-bond donors (Lipinski definition) is 2. The summed E-state index contributed by atoms with van der Waals surface area (Å²) in [4.78, 5) is 6.73. The van der Waals surface area contributed by atoms with E-state index < -0.39 is 0 Å². The van der Waals surface area contributed by atoms with Gasteiger partial charge < -0.3 is 15.6 Å². The van der Waals surface area contributed by atoms with Crippen molar-refractivity contribution in [1.29, 1.82) is 5.41 Å². The highest BCUT2D eigenvalue weighted by Crippen LogP contribution is 2.18. The molecule has 3 atom stereocenters. The van der Waals surface area contributed by atoms with Crippen molar-refractivity contribution in [1.82, 2.24) is 15.2 Å². The summed E-state index contributed by atoms with van der Waals surface area (Å²) in [7, 11) is 0. The first kappa shape index (κ1) is 27.8. The lowest BCUT2D eigenvalue weighted by Crippen LogP contribution is -2.26. The third-order valence-electron chi connectivity index (χ3n) is 6.18. The van der Waals surface area contributed by atoms with Crippen LogP contribution in [0.15, 0.2) is 54.9 Å². The smallest absolute Gasteiger partial charge is 0.0465 e. The lowest BCUT2D eigenvalue weighted by molar-refractivity contribution is 0.289. The summed E-state index contributed by atoms with van der Waals surface area (Å²) in [6.07, 6.45) is 17.1. The van der Waals surface area contributed by atoms with Crippen LogP contribution in [0.1, 0.15) is 64.6 Å². The molecule has 0 bridgehead atoms. The number of dihydropyridines is 1. The molecule has 1 aromatic heterocycles. The van der Waals surface area contributed by atoms with Gasteiger partial charge in [-0.25, -0.2) is 0 Å². The van der Waals surface area contributed by atoms with Crippen LogP contribution >= 0.6 is 0 Å². The van der Waals surface area contributed by atoms with Gasteiger partial charge in [0.1, 0.15) is 0 Å². The van der Waals surface area contributed by atoms with E-state index >= 15 is 0 Å². The second kappa shape index (κ2) is 16.4. The van der Waals surface area contributed by atoms with Gasteiger partial charge in [0.2, 0.25) is 0 Å². The van der Waals surface area contributed by atoms with E-state index in [2.05, 4.69) is 68.5 Å².